The van der Waals surface area contributed by atoms with Crippen molar-refractivity contribution in [3.8, 4) is 6.07 Å². The molecule has 0 amide bonds. The van der Waals surface area contributed by atoms with Crippen LogP contribution in [0.1, 0.15) is 0 Å². The highest BCUT2D eigenvalue weighted by atomic mass is 79.9. The molecule has 1 aromatic carbocycles. The molecule has 0 bridgehead atoms. The number of benzene rings is 1. The third-order valence-corrected chi connectivity index (χ3v) is 5.29. The highest BCUT2D eigenvalue weighted by Crippen LogP contribution is 2.32. The van der Waals surface area contributed by atoms with Crippen LogP contribution in [0.25, 0.3) is 0 Å². The van der Waals surface area contributed by atoms with Crippen LogP contribution in [-0.2, 0) is 14.6 Å². The number of hydrogen-bond acceptors (Lipinski definition) is 4. The summed E-state index contributed by atoms with van der Waals surface area (Å²) in [6.45, 7) is -0.107. The quantitative estimate of drug-likeness (QED) is 0.830. The summed E-state index contributed by atoms with van der Waals surface area (Å²) in [5, 5.41) is 8.97. The van der Waals surface area contributed by atoms with Gasteiger partial charge in [-0.15, -0.1) is 0 Å². The van der Waals surface area contributed by atoms with Crippen LogP contribution in [0, 0.1) is 11.3 Å². The molecule has 6 heteroatoms. The molecule has 0 radical (unpaired) electrons. The molecular weight excluding hydrogens is 294 g/mol. The third-order valence-electron chi connectivity index (χ3n) is 2.51. The summed E-state index contributed by atoms with van der Waals surface area (Å²) < 4.78 is 28.6. The maximum absolute atomic E-state index is 12.2. The molecule has 16 heavy (non-hydrogen) atoms. The van der Waals surface area contributed by atoms with Gasteiger partial charge in [0.15, 0.2) is 0 Å². The van der Waals surface area contributed by atoms with Gasteiger partial charge < -0.3 is 4.74 Å². The fourth-order valence-corrected chi connectivity index (χ4v) is 3.21. The highest BCUT2D eigenvalue weighted by molar-refractivity contribution is 9.10. The number of nitriles is 1. The van der Waals surface area contributed by atoms with Gasteiger partial charge >= 0.3 is 0 Å². The average molecular weight is 302 g/mol. The lowest BCUT2D eigenvalue weighted by molar-refractivity contribution is 0.0115. The van der Waals surface area contributed by atoms with Gasteiger partial charge in [-0.2, -0.15) is 5.26 Å². The summed E-state index contributed by atoms with van der Waals surface area (Å²) in [4.78, 5) is 0.153. The molecular formula is C10H8BrNO3S. The summed E-state index contributed by atoms with van der Waals surface area (Å²) >= 11 is 3.23. The second-order valence-electron chi connectivity index (χ2n) is 3.56. The van der Waals surface area contributed by atoms with E-state index < -0.39 is 14.6 Å². The van der Waals surface area contributed by atoms with Gasteiger partial charge in [0, 0.05) is 4.47 Å². The first-order valence-corrected chi connectivity index (χ1v) is 6.79. The lowest BCUT2D eigenvalue weighted by Crippen LogP contribution is -2.54. The van der Waals surface area contributed by atoms with Crippen molar-refractivity contribution >= 4 is 25.8 Å². The van der Waals surface area contributed by atoms with E-state index in [2.05, 4.69) is 15.9 Å². The molecule has 1 fully saturated rings. The highest BCUT2D eigenvalue weighted by Gasteiger charge is 2.52. The van der Waals surface area contributed by atoms with Crippen LogP contribution >= 0.6 is 15.9 Å². The van der Waals surface area contributed by atoms with Crippen molar-refractivity contribution in [2.45, 2.75) is 9.64 Å². The van der Waals surface area contributed by atoms with Crippen LogP contribution in [0.3, 0.4) is 0 Å². The van der Waals surface area contributed by atoms with Gasteiger partial charge in [0.1, 0.15) is 0 Å². The van der Waals surface area contributed by atoms with Crippen molar-refractivity contribution in [1.29, 1.82) is 5.26 Å². The van der Waals surface area contributed by atoms with Crippen LogP contribution in [0.15, 0.2) is 33.6 Å². The van der Waals surface area contributed by atoms with E-state index in [1.165, 1.54) is 12.1 Å². The number of sulfone groups is 1. The molecule has 0 saturated carbocycles. The molecule has 1 aliphatic heterocycles. The van der Waals surface area contributed by atoms with Gasteiger partial charge in [0.05, 0.1) is 24.2 Å². The Balaban J connectivity index is 2.48. The minimum Gasteiger partial charge on any atom is -0.376 e. The lowest BCUT2D eigenvalue weighted by Gasteiger charge is -2.34. The minimum atomic E-state index is -3.64. The molecule has 0 aromatic heterocycles. The van der Waals surface area contributed by atoms with E-state index in [1.54, 1.807) is 12.1 Å². The zero-order valence-electron chi connectivity index (χ0n) is 8.18. The molecule has 0 spiro atoms. The van der Waals surface area contributed by atoms with E-state index in [1.807, 2.05) is 6.07 Å². The second kappa shape index (κ2) is 3.84. The van der Waals surface area contributed by atoms with Crippen LogP contribution < -0.4 is 0 Å². The van der Waals surface area contributed by atoms with Gasteiger partial charge in [0.25, 0.3) is 0 Å². The Morgan fingerprint density at radius 3 is 2.25 bits per heavy atom. The van der Waals surface area contributed by atoms with Gasteiger partial charge in [-0.1, -0.05) is 15.9 Å². The number of rotatable bonds is 2. The first-order valence-electron chi connectivity index (χ1n) is 4.51. The van der Waals surface area contributed by atoms with Crippen LogP contribution in [0.5, 0.6) is 0 Å². The Labute approximate surface area is 102 Å². The van der Waals surface area contributed by atoms with Gasteiger partial charge in [-0.25, -0.2) is 8.42 Å². The summed E-state index contributed by atoms with van der Waals surface area (Å²) in [6, 6.07) is 8.08. The van der Waals surface area contributed by atoms with E-state index in [-0.39, 0.29) is 18.1 Å². The zero-order chi connectivity index (χ0) is 11.8. The largest absolute Gasteiger partial charge is 0.376 e. The van der Waals surface area contributed by atoms with Gasteiger partial charge in [-0.05, 0) is 24.3 Å². The van der Waals surface area contributed by atoms with E-state index in [4.69, 9.17) is 10.00 Å². The molecule has 0 N–H and O–H groups in total. The van der Waals surface area contributed by atoms with Gasteiger partial charge in [0.2, 0.25) is 14.6 Å². The molecule has 4 nitrogen and oxygen atoms in total. The predicted molar refractivity (Wildman–Crippen MR) is 60.5 cm³/mol. The number of ether oxygens (including phenoxy) is 1. The SMILES string of the molecule is N#CC1(S(=O)(=O)c2ccc(Br)cc2)COC1. The fraction of sp³-hybridized carbons (Fsp3) is 0.300. The molecule has 0 aliphatic carbocycles. The molecule has 1 aliphatic rings. The zero-order valence-corrected chi connectivity index (χ0v) is 10.6. The molecule has 1 saturated heterocycles. The fourth-order valence-electron chi connectivity index (χ4n) is 1.41. The number of hydrogen-bond donors (Lipinski definition) is 0. The monoisotopic (exact) mass is 301 g/mol. The summed E-state index contributed by atoms with van der Waals surface area (Å²) in [6.07, 6.45) is 0. The Hall–Kier alpha value is -0.900. The summed E-state index contributed by atoms with van der Waals surface area (Å²) in [5.41, 5.74) is 0. The molecule has 0 unspecified atom stereocenters. The lowest BCUT2D eigenvalue weighted by atomic mass is 10.1. The molecule has 1 heterocycles. The smallest absolute Gasteiger partial charge is 0.208 e. The normalized spacial score (nSPS) is 18.5. The second-order valence-corrected chi connectivity index (χ2v) is 6.73. The van der Waals surface area contributed by atoms with Crippen molar-refractivity contribution in [3.63, 3.8) is 0 Å². The predicted octanol–water partition coefficient (Wildman–Crippen LogP) is 1.52. The third kappa shape index (κ3) is 1.56. The Bertz CT molecular complexity index is 540. The van der Waals surface area contributed by atoms with Crippen molar-refractivity contribution in [3.05, 3.63) is 28.7 Å². The maximum Gasteiger partial charge on any atom is 0.208 e. The van der Waals surface area contributed by atoms with Crippen LogP contribution in [-0.4, -0.2) is 26.4 Å². The van der Waals surface area contributed by atoms with E-state index in [0.29, 0.717) is 0 Å². The summed E-state index contributed by atoms with van der Waals surface area (Å²) in [7, 11) is -3.64. The summed E-state index contributed by atoms with van der Waals surface area (Å²) in [5.74, 6) is 0. The Morgan fingerprint density at radius 1 is 1.31 bits per heavy atom. The van der Waals surface area contributed by atoms with E-state index >= 15 is 0 Å². The van der Waals surface area contributed by atoms with Crippen molar-refractivity contribution in [2.24, 2.45) is 0 Å². The Kier molecular flexibility index (Phi) is 2.78. The maximum atomic E-state index is 12.2. The minimum absolute atomic E-state index is 0.0537. The first kappa shape index (κ1) is 11.6. The topological polar surface area (TPSA) is 67.2 Å². The Morgan fingerprint density at radius 2 is 1.88 bits per heavy atom. The molecule has 2 rings (SSSR count). The average Bonchev–Trinajstić information content (AvgIpc) is 2.17. The van der Waals surface area contributed by atoms with E-state index in [9.17, 15) is 8.42 Å². The molecule has 0 atom stereocenters. The van der Waals surface area contributed by atoms with E-state index in [0.717, 1.165) is 4.47 Å². The van der Waals surface area contributed by atoms with Crippen LogP contribution in [0.2, 0.25) is 0 Å². The number of nitrogens with zero attached hydrogens (tertiary/aromatic N) is 1. The molecule has 1 aromatic rings. The van der Waals surface area contributed by atoms with Crippen molar-refractivity contribution in [1.82, 2.24) is 0 Å². The van der Waals surface area contributed by atoms with Crippen LogP contribution in [0.4, 0.5) is 0 Å². The van der Waals surface area contributed by atoms with Crippen molar-refractivity contribution in [2.75, 3.05) is 13.2 Å². The number of halogens is 1. The molecule has 84 valence electrons. The first-order chi connectivity index (χ1) is 7.52. The van der Waals surface area contributed by atoms with Crippen molar-refractivity contribution < 1.29 is 13.2 Å². The van der Waals surface area contributed by atoms with Gasteiger partial charge in [-0.3, -0.25) is 0 Å². The standard InChI is InChI=1S/C10H8BrNO3S/c11-8-1-3-9(4-2-8)16(13,14)10(5-12)6-15-7-10/h1-4H,6-7H2.